The van der Waals surface area contributed by atoms with Crippen LogP contribution < -0.4 is 0 Å². The highest BCUT2D eigenvalue weighted by molar-refractivity contribution is 6.31. The predicted molar refractivity (Wildman–Crippen MR) is 94.5 cm³/mol. The fourth-order valence-corrected chi connectivity index (χ4v) is 4.11. The van der Waals surface area contributed by atoms with E-state index in [1.54, 1.807) is 4.90 Å². The normalized spacial score (nSPS) is 22.6. The molecule has 0 aromatic heterocycles. The number of ether oxygens (including phenoxy) is 1. The zero-order valence-corrected chi connectivity index (χ0v) is 15.6. The second kappa shape index (κ2) is 5.92. The molecule has 1 aromatic carbocycles. The third kappa shape index (κ3) is 3.14. The molecule has 1 atom stereocenters. The first kappa shape index (κ1) is 17.6. The van der Waals surface area contributed by atoms with Crippen molar-refractivity contribution in [2.45, 2.75) is 64.1 Å². The van der Waals surface area contributed by atoms with Crippen LogP contribution in [0, 0.1) is 6.92 Å². The lowest BCUT2D eigenvalue weighted by atomic mass is 9.73. The number of hydrogen-bond acceptors (Lipinski definition) is 3. The maximum absolute atomic E-state index is 12.3. The van der Waals surface area contributed by atoms with Crippen molar-refractivity contribution >= 4 is 17.7 Å². The highest BCUT2D eigenvalue weighted by atomic mass is 35.5. The Balaban J connectivity index is 1.78. The van der Waals surface area contributed by atoms with Crippen LogP contribution in [0.4, 0.5) is 4.79 Å². The van der Waals surface area contributed by atoms with E-state index in [9.17, 15) is 9.90 Å². The van der Waals surface area contributed by atoms with Gasteiger partial charge in [0.05, 0.1) is 6.10 Å². The number of benzene rings is 1. The number of halogens is 1. The predicted octanol–water partition coefficient (Wildman–Crippen LogP) is 4.35. The summed E-state index contributed by atoms with van der Waals surface area (Å²) in [4.78, 5) is 14.0. The topological polar surface area (TPSA) is 49.8 Å². The summed E-state index contributed by atoms with van der Waals surface area (Å²) in [6.45, 7) is 8.89. The number of aliphatic hydroxyl groups is 1. The number of piperidine rings is 1. The smallest absolute Gasteiger partial charge is 0.410 e. The van der Waals surface area contributed by atoms with Crippen LogP contribution in [0.2, 0.25) is 5.02 Å². The number of rotatable bonds is 0. The summed E-state index contributed by atoms with van der Waals surface area (Å²) >= 11 is 6.33. The summed E-state index contributed by atoms with van der Waals surface area (Å²) in [5, 5.41) is 11.2. The largest absolute Gasteiger partial charge is 0.444 e. The zero-order valence-electron chi connectivity index (χ0n) is 14.9. The first-order valence-corrected chi connectivity index (χ1v) is 8.96. The Morgan fingerprint density at radius 3 is 2.54 bits per heavy atom. The average molecular weight is 352 g/mol. The molecule has 1 N–H and O–H groups in total. The number of nitrogens with zero attached hydrogens (tertiary/aromatic N) is 1. The van der Waals surface area contributed by atoms with Crippen molar-refractivity contribution in [3.8, 4) is 0 Å². The molecule has 1 aliphatic carbocycles. The number of amides is 1. The minimum absolute atomic E-state index is 0.0788. The molecule has 1 aromatic rings. The van der Waals surface area contributed by atoms with Gasteiger partial charge in [-0.2, -0.15) is 0 Å². The summed E-state index contributed by atoms with van der Waals surface area (Å²) < 4.78 is 5.47. The summed E-state index contributed by atoms with van der Waals surface area (Å²) in [7, 11) is 0. The van der Waals surface area contributed by atoms with E-state index in [4.69, 9.17) is 16.3 Å². The number of aryl methyl sites for hydroxylation is 1. The van der Waals surface area contributed by atoms with Crippen molar-refractivity contribution in [2.24, 2.45) is 0 Å². The van der Waals surface area contributed by atoms with E-state index in [0.29, 0.717) is 19.5 Å². The SMILES string of the molecule is Cc1cc2c(cc1Cl)C1(CCN(C(=O)OC(C)(C)C)CC1)CC2O. The lowest BCUT2D eigenvalue weighted by molar-refractivity contribution is 0.0147. The molecule has 1 unspecified atom stereocenters. The van der Waals surface area contributed by atoms with Crippen LogP contribution in [-0.2, 0) is 10.2 Å². The summed E-state index contributed by atoms with van der Waals surface area (Å²) in [6, 6.07) is 4.03. The Bertz CT molecular complexity index is 657. The van der Waals surface area contributed by atoms with Gasteiger partial charge in [0.1, 0.15) is 5.60 Å². The van der Waals surface area contributed by atoms with Crippen molar-refractivity contribution < 1.29 is 14.6 Å². The zero-order chi connectivity index (χ0) is 17.7. The van der Waals surface area contributed by atoms with Crippen LogP contribution >= 0.6 is 11.6 Å². The maximum Gasteiger partial charge on any atom is 0.410 e. The van der Waals surface area contributed by atoms with Gasteiger partial charge in [0, 0.05) is 23.5 Å². The van der Waals surface area contributed by atoms with Gasteiger partial charge in [-0.15, -0.1) is 0 Å². The molecule has 3 rings (SSSR count). The van der Waals surface area contributed by atoms with Crippen molar-refractivity contribution in [1.82, 2.24) is 4.90 Å². The highest BCUT2D eigenvalue weighted by Gasteiger charge is 2.46. The molecule has 2 aliphatic rings. The monoisotopic (exact) mass is 351 g/mol. The summed E-state index contributed by atoms with van der Waals surface area (Å²) in [6.07, 6.45) is 1.68. The van der Waals surface area contributed by atoms with E-state index in [-0.39, 0.29) is 11.5 Å². The van der Waals surface area contributed by atoms with E-state index in [1.165, 1.54) is 0 Å². The summed E-state index contributed by atoms with van der Waals surface area (Å²) in [5.74, 6) is 0. The van der Waals surface area contributed by atoms with Gasteiger partial charge in [-0.05, 0) is 69.7 Å². The quantitative estimate of drug-likeness (QED) is 0.755. The summed E-state index contributed by atoms with van der Waals surface area (Å²) in [5.41, 5.74) is 2.60. The van der Waals surface area contributed by atoms with E-state index >= 15 is 0 Å². The van der Waals surface area contributed by atoms with Crippen LogP contribution in [0.1, 0.15) is 62.8 Å². The van der Waals surface area contributed by atoms with Gasteiger partial charge in [-0.25, -0.2) is 4.79 Å². The lowest BCUT2D eigenvalue weighted by Gasteiger charge is -2.40. The first-order chi connectivity index (χ1) is 11.1. The van der Waals surface area contributed by atoms with Gasteiger partial charge in [0.2, 0.25) is 0 Å². The van der Waals surface area contributed by atoms with Crippen LogP contribution in [0.5, 0.6) is 0 Å². The Kier molecular flexibility index (Phi) is 4.33. The maximum atomic E-state index is 12.3. The molecule has 5 heteroatoms. The number of aliphatic hydroxyl groups excluding tert-OH is 1. The molecule has 0 bridgehead atoms. The average Bonchev–Trinajstić information content (AvgIpc) is 2.71. The number of carbonyl (C=O) groups is 1. The minimum Gasteiger partial charge on any atom is -0.444 e. The fourth-order valence-electron chi connectivity index (χ4n) is 3.95. The molecule has 0 saturated carbocycles. The number of likely N-dealkylation sites (tertiary alicyclic amines) is 1. The second-order valence-electron chi connectivity index (χ2n) is 8.16. The molecule has 1 aliphatic heterocycles. The molecule has 0 radical (unpaired) electrons. The van der Waals surface area contributed by atoms with Gasteiger partial charge in [0.25, 0.3) is 0 Å². The Hall–Kier alpha value is -1.26. The Morgan fingerprint density at radius 2 is 1.96 bits per heavy atom. The van der Waals surface area contributed by atoms with Crippen LogP contribution in [0.3, 0.4) is 0 Å². The lowest BCUT2D eigenvalue weighted by Crippen LogP contribution is -2.46. The van der Waals surface area contributed by atoms with Gasteiger partial charge in [0.15, 0.2) is 0 Å². The molecule has 1 heterocycles. The Morgan fingerprint density at radius 1 is 1.33 bits per heavy atom. The molecular formula is C19H26ClNO3. The van der Waals surface area contributed by atoms with Gasteiger partial charge >= 0.3 is 6.09 Å². The third-order valence-corrected chi connectivity index (χ3v) is 5.62. The van der Waals surface area contributed by atoms with Gasteiger partial charge in [-0.1, -0.05) is 17.7 Å². The molecule has 132 valence electrons. The van der Waals surface area contributed by atoms with Crippen molar-refractivity contribution in [3.05, 3.63) is 33.8 Å². The van der Waals surface area contributed by atoms with Crippen molar-refractivity contribution in [3.63, 3.8) is 0 Å². The van der Waals surface area contributed by atoms with E-state index in [2.05, 4.69) is 0 Å². The van der Waals surface area contributed by atoms with Crippen molar-refractivity contribution in [2.75, 3.05) is 13.1 Å². The van der Waals surface area contributed by atoms with Gasteiger partial charge in [-0.3, -0.25) is 0 Å². The standard InChI is InChI=1S/C19H26ClNO3/c1-12-9-13-14(10-15(12)20)19(11-16(13)22)5-7-21(8-6-19)17(23)24-18(2,3)4/h9-10,16,22H,5-8,11H2,1-4H3. The van der Waals surface area contributed by atoms with Gasteiger partial charge < -0.3 is 14.7 Å². The first-order valence-electron chi connectivity index (χ1n) is 8.58. The molecule has 4 nitrogen and oxygen atoms in total. The van der Waals surface area contributed by atoms with Crippen LogP contribution in [0.25, 0.3) is 0 Å². The molecule has 1 fully saturated rings. The number of fused-ring (bicyclic) bond motifs is 2. The third-order valence-electron chi connectivity index (χ3n) is 5.22. The fraction of sp³-hybridized carbons (Fsp3) is 0.632. The second-order valence-corrected chi connectivity index (χ2v) is 8.56. The number of carbonyl (C=O) groups excluding carboxylic acids is 1. The molecule has 1 saturated heterocycles. The molecule has 1 spiro atoms. The minimum atomic E-state index is -0.479. The van der Waals surface area contributed by atoms with E-state index in [1.807, 2.05) is 39.8 Å². The molecule has 1 amide bonds. The van der Waals surface area contributed by atoms with Crippen molar-refractivity contribution in [1.29, 1.82) is 0 Å². The highest BCUT2D eigenvalue weighted by Crippen LogP contribution is 2.51. The van der Waals surface area contributed by atoms with E-state index < -0.39 is 11.7 Å². The number of hydrogen-bond donors (Lipinski definition) is 1. The molecular weight excluding hydrogens is 326 g/mol. The van der Waals surface area contributed by atoms with Crippen LogP contribution in [-0.4, -0.2) is 34.8 Å². The Labute approximate surface area is 148 Å². The van der Waals surface area contributed by atoms with Crippen LogP contribution in [0.15, 0.2) is 12.1 Å². The van der Waals surface area contributed by atoms with E-state index in [0.717, 1.165) is 34.6 Å². The molecule has 24 heavy (non-hydrogen) atoms.